The number of aromatic amines is 1. The molecule has 3 rings (SSSR count). The van der Waals surface area contributed by atoms with Gasteiger partial charge in [-0.3, -0.25) is 0 Å². The van der Waals surface area contributed by atoms with E-state index >= 15 is 0 Å². The Hall–Kier alpha value is -1.62. The molecule has 18 heavy (non-hydrogen) atoms. The van der Waals surface area contributed by atoms with Gasteiger partial charge >= 0.3 is 0 Å². The molecule has 0 atom stereocenters. The predicted octanol–water partition coefficient (Wildman–Crippen LogP) is 1.33. The number of anilines is 1. The molecule has 2 aromatic rings. The Kier molecular flexibility index (Phi) is 2.70. The fraction of sp³-hybridized carbons (Fsp3) is 0.538. The molecule has 2 aromatic heterocycles. The molecule has 0 saturated carbocycles. The number of hydrogen-bond acceptors (Lipinski definition) is 4. The van der Waals surface area contributed by atoms with Crippen LogP contribution in [0.4, 0.5) is 5.82 Å². The highest BCUT2D eigenvalue weighted by molar-refractivity contribution is 5.90. The summed E-state index contributed by atoms with van der Waals surface area (Å²) in [5, 5.41) is 1.17. The lowest BCUT2D eigenvalue weighted by atomic mass is 10.2. The predicted molar refractivity (Wildman–Crippen MR) is 73.1 cm³/mol. The van der Waals surface area contributed by atoms with Crippen molar-refractivity contribution >= 4 is 16.9 Å². The van der Waals surface area contributed by atoms with Gasteiger partial charge in [0.05, 0.1) is 5.39 Å². The average Bonchev–Trinajstić information content (AvgIpc) is 2.71. The van der Waals surface area contributed by atoms with Gasteiger partial charge < -0.3 is 14.8 Å². The summed E-state index contributed by atoms with van der Waals surface area (Å²) < 4.78 is 0. The first-order chi connectivity index (χ1) is 8.65. The zero-order valence-electron chi connectivity index (χ0n) is 11.2. The van der Waals surface area contributed by atoms with E-state index in [1.165, 1.54) is 10.9 Å². The lowest BCUT2D eigenvalue weighted by Crippen LogP contribution is -2.45. The van der Waals surface area contributed by atoms with Crippen LogP contribution in [-0.4, -0.2) is 53.1 Å². The summed E-state index contributed by atoms with van der Waals surface area (Å²) in [7, 11) is 2.17. The van der Waals surface area contributed by atoms with E-state index < -0.39 is 0 Å². The van der Waals surface area contributed by atoms with Crippen molar-refractivity contribution < 1.29 is 0 Å². The highest BCUT2D eigenvalue weighted by Crippen LogP contribution is 2.27. The number of nitrogens with zero attached hydrogens (tertiary/aromatic N) is 4. The van der Waals surface area contributed by atoms with Crippen LogP contribution in [0.15, 0.2) is 6.20 Å². The van der Waals surface area contributed by atoms with E-state index in [0.717, 1.165) is 43.5 Å². The third kappa shape index (κ3) is 1.84. The standard InChI is InChI=1S/C13H19N5/c1-9-8-14-12-11(9)13(16-10(2)15-12)18-6-4-17(3)5-7-18/h8H,4-7H2,1-3H3,(H,14,15,16). The number of fused-ring (bicyclic) bond motifs is 1. The molecule has 5 heteroatoms. The van der Waals surface area contributed by atoms with Crippen LogP contribution < -0.4 is 4.90 Å². The largest absolute Gasteiger partial charge is 0.353 e. The highest BCUT2D eigenvalue weighted by atomic mass is 15.3. The molecule has 0 aromatic carbocycles. The van der Waals surface area contributed by atoms with E-state index in [0.29, 0.717) is 0 Å². The van der Waals surface area contributed by atoms with E-state index in [9.17, 15) is 0 Å². The second-order valence-corrected chi connectivity index (χ2v) is 5.08. The van der Waals surface area contributed by atoms with E-state index in [-0.39, 0.29) is 0 Å². The minimum atomic E-state index is 0.832. The summed E-state index contributed by atoms with van der Waals surface area (Å²) in [6, 6.07) is 0. The van der Waals surface area contributed by atoms with Crippen LogP contribution in [0.2, 0.25) is 0 Å². The number of nitrogens with one attached hydrogen (secondary N) is 1. The van der Waals surface area contributed by atoms with Gasteiger partial charge in [0, 0.05) is 32.4 Å². The van der Waals surface area contributed by atoms with Crippen LogP contribution in [-0.2, 0) is 0 Å². The maximum absolute atomic E-state index is 4.66. The van der Waals surface area contributed by atoms with Gasteiger partial charge in [0.1, 0.15) is 17.3 Å². The maximum atomic E-state index is 4.66. The summed E-state index contributed by atoms with van der Waals surface area (Å²) in [6.07, 6.45) is 2.01. The molecule has 1 fully saturated rings. The van der Waals surface area contributed by atoms with Gasteiger partial charge in [-0.1, -0.05) is 0 Å². The van der Waals surface area contributed by atoms with Crippen molar-refractivity contribution in [2.45, 2.75) is 13.8 Å². The number of hydrogen-bond donors (Lipinski definition) is 1. The van der Waals surface area contributed by atoms with Crippen LogP contribution in [0.1, 0.15) is 11.4 Å². The second-order valence-electron chi connectivity index (χ2n) is 5.08. The molecule has 5 nitrogen and oxygen atoms in total. The summed E-state index contributed by atoms with van der Waals surface area (Å²) in [5.74, 6) is 1.92. The number of H-pyrrole nitrogens is 1. The Labute approximate surface area is 107 Å². The van der Waals surface area contributed by atoms with E-state index in [4.69, 9.17) is 0 Å². The normalized spacial score (nSPS) is 17.6. The first kappa shape index (κ1) is 11.5. The fourth-order valence-corrected chi connectivity index (χ4v) is 2.52. The van der Waals surface area contributed by atoms with Crippen molar-refractivity contribution in [3.05, 3.63) is 17.6 Å². The number of aromatic nitrogens is 3. The number of aryl methyl sites for hydroxylation is 2. The topological polar surface area (TPSA) is 48.1 Å². The second kappa shape index (κ2) is 4.24. The molecule has 0 spiro atoms. The monoisotopic (exact) mass is 245 g/mol. The van der Waals surface area contributed by atoms with Crippen LogP contribution in [0.25, 0.3) is 11.0 Å². The van der Waals surface area contributed by atoms with Crippen LogP contribution in [0.5, 0.6) is 0 Å². The average molecular weight is 245 g/mol. The third-order valence-electron chi connectivity index (χ3n) is 3.62. The minimum absolute atomic E-state index is 0.832. The molecule has 0 bridgehead atoms. The fourth-order valence-electron chi connectivity index (χ4n) is 2.52. The molecule has 1 N–H and O–H groups in total. The number of piperazine rings is 1. The van der Waals surface area contributed by atoms with Crippen LogP contribution >= 0.6 is 0 Å². The lowest BCUT2D eigenvalue weighted by molar-refractivity contribution is 0.312. The first-order valence-corrected chi connectivity index (χ1v) is 6.41. The molecule has 1 saturated heterocycles. The first-order valence-electron chi connectivity index (χ1n) is 6.41. The summed E-state index contributed by atoms with van der Waals surface area (Å²) in [5.41, 5.74) is 2.17. The van der Waals surface area contributed by atoms with Crippen molar-refractivity contribution in [3.8, 4) is 0 Å². The molecule has 0 radical (unpaired) electrons. The van der Waals surface area contributed by atoms with Gasteiger partial charge in [0.25, 0.3) is 0 Å². The molecule has 0 aliphatic carbocycles. The van der Waals surface area contributed by atoms with Crippen molar-refractivity contribution in [3.63, 3.8) is 0 Å². The van der Waals surface area contributed by atoms with E-state index in [2.05, 4.69) is 38.7 Å². The summed E-state index contributed by atoms with van der Waals surface area (Å²) in [4.78, 5) is 17.1. The lowest BCUT2D eigenvalue weighted by Gasteiger charge is -2.33. The number of likely N-dealkylation sites (N-methyl/N-ethyl adjacent to an activating group) is 1. The quantitative estimate of drug-likeness (QED) is 0.823. The Morgan fingerprint density at radius 3 is 2.56 bits per heavy atom. The number of rotatable bonds is 1. The Morgan fingerprint density at radius 1 is 1.11 bits per heavy atom. The SMILES string of the molecule is Cc1nc(N2CCN(C)CC2)c2c(C)c[nH]c2n1. The van der Waals surface area contributed by atoms with Crippen molar-refractivity contribution in [1.29, 1.82) is 0 Å². The Morgan fingerprint density at radius 2 is 1.83 bits per heavy atom. The molecular weight excluding hydrogens is 226 g/mol. The van der Waals surface area contributed by atoms with Gasteiger partial charge in [0.2, 0.25) is 0 Å². The Balaban J connectivity index is 2.07. The van der Waals surface area contributed by atoms with Crippen molar-refractivity contribution in [2.75, 3.05) is 38.1 Å². The van der Waals surface area contributed by atoms with Crippen molar-refractivity contribution in [2.24, 2.45) is 0 Å². The molecule has 1 aliphatic rings. The van der Waals surface area contributed by atoms with Crippen LogP contribution in [0.3, 0.4) is 0 Å². The maximum Gasteiger partial charge on any atom is 0.143 e. The smallest absolute Gasteiger partial charge is 0.143 e. The zero-order valence-corrected chi connectivity index (χ0v) is 11.2. The molecule has 0 amide bonds. The molecule has 96 valence electrons. The molecule has 0 unspecified atom stereocenters. The van der Waals surface area contributed by atoms with Crippen LogP contribution in [0, 0.1) is 13.8 Å². The molecule has 3 heterocycles. The molecular formula is C13H19N5. The summed E-state index contributed by atoms with van der Waals surface area (Å²) >= 11 is 0. The highest BCUT2D eigenvalue weighted by Gasteiger charge is 2.19. The van der Waals surface area contributed by atoms with Gasteiger partial charge in [-0.2, -0.15) is 0 Å². The minimum Gasteiger partial charge on any atom is -0.353 e. The summed E-state index contributed by atoms with van der Waals surface area (Å²) in [6.45, 7) is 8.31. The zero-order chi connectivity index (χ0) is 12.7. The molecule has 1 aliphatic heterocycles. The van der Waals surface area contributed by atoms with Gasteiger partial charge in [-0.25, -0.2) is 9.97 Å². The van der Waals surface area contributed by atoms with E-state index in [1.54, 1.807) is 0 Å². The van der Waals surface area contributed by atoms with Gasteiger partial charge in [-0.15, -0.1) is 0 Å². The van der Waals surface area contributed by atoms with Crippen molar-refractivity contribution in [1.82, 2.24) is 19.9 Å². The van der Waals surface area contributed by atoms with Gasteiger partial charge in [0.15, 0.2) is 0 Å². The van der Waals surface area contributed by atoms with Gasteiger partial charge in [-0.05, 0) is 26.5 Å². The Bertz CT molecular complexity index is 566. The third-order valence-corrected chi connectivity index (χ3v) is 3.62. The van der Waals surface area contributed by atoms with E-state index in [1.807, 2.05) is 13.1 Å².